The second-order valence-electron chi connectivity index (χ2n) is 8.18. The largest absolute Gasteiger partial charge is 0.481 e. The maximum Gasteiger partial charge on any atom is 0.307 e. The molecule has 1 saturated carbocycles. The zero-order valence-corrected chi connectivity index (χ0v) is 17.4. The standard InChI is InChI=1S/C24H23N3O5/c1-13-3-2-4-17(11-13)21(28)25-18-9-7-14(8-10-18)22(29)26-27-23(30)19-15-5-6-16(12-15)20(19)24(31)32/h2-11,15-16,19-20H,12H2,1H3,(H,25,28)(H,26,29)(H,27,30)(H,31,32)/t15-,16-,19-,20+/m0/s1. The van der Waals surface area contributed by atoms with Crippen LogP contribution in [0.25, 0.3) is 0 Å². The first-order chi connectivity index (χ1) is 15.3. The highest BCUT2D eigenvalue weighted by molar-refractivity contribution is 6.04. The van der Waals surface area contributed by atoms with Gasteiger partial charge in [-0.15, -0.1) is 0 Å². The van der Waals surface area contributed by atoms with Gasteiger partial charge in [-0.05, 0) is 61.6 Å². The molecule has 0 heterocycles. The Bertz CT molecular complexity index is 1110. The summed E-state index contributed by atoms with van der Waals surface area (Å²) in [5.41, 5.74) is 7.01. The normalized spacial score (nSPS) is 22.9. The van der Waals surface area contributed by atoms with Gasteiger partial charge >= 0.3 is 5.97 Å². The monoisotopic (exact) mass is 433 g/mol. The number of allylic oxidation sites excluding steroid dienone is 2. The van der Waals surface area contributed by atoms with Crippen molar-refractivity contribution in [3.05, 3.63) is 77.4 Å². The van der Waals surface area contributed by atoms with Gasteiger partial charge in [0, 0.05) is 16.8 Å². The lowest BCUT2D eigenvalue weighted by atomic mass is 9.82. The molecule has 4 N–H and O–H groups in total. The van der Waals surface area contributed by atoms with E-state index in [1.165, 1.54) is 12.1 Å². The minimum Gasteiger partial charge on any atom is -0.481 e. The van der Waals surface area contributed by atoms with Crippen LogP contribution in [0.4, 0.5) is 5.69 Å². The number of carbonyl (C=O) groups is 4. The molecule has 0 saturated heterocycles. The van der Waals surface area contributed by atoms with Crippen LogP contribution in [0.15, 0.2) is 60.7 Å². The van der Waals surface area contributed by atoms with Gasteiger partial charge < -0.3 is 10.4 Å². The molecular weight excluding hydrogens is 410 g/mol. The number of nitrogens with one attached hydrogen (secondary N) is 3. The van der Waals surface area contributed by atoms with Gasteiger partial charge in [-0.25, -0.2) is 0 Å². The van der Waals surface area contributed by atoms with Crippen LogP contribution in [-0.4, -0.2) is 28.8 Å². The van der Waals surface area contributed by atoms with Gasteiger partial charge in [-0.3, -0.25) is 30.0 Å². The summed E-state index contributed by atoms with van der Waals surface area (Å²) < 4.78 is 0. The molecule has 32 heavy (non-hydrogen) atoms. The molecule has 0 aromatic heterocycles. The molecule has 2 bridgehead atoms. The first-order valence-corrected chi connectivity index (χ1v) is 10.3. The average molecular weight is 433 g/mol. The van der Waals surface area contributed by atoms with Crippen LogP contribution >= 0.6 is 0 Å². The van der Waals surface area contributed by atoms with E-state index in [0.717, 1.165) is 5.56 Å². The predicted octanol–water partition coefficient (Wildman–Crippen LogP) is 2.53. The Morgan fingerprint density at radius 1 is 0.844 bits per heavy atom. The van der Waals surface area contributed by atoms with Crippen molar-refractivity contribution in [3.8, 4) is 0 Å². The molecule has 2 aliphatic rings. The second-order valence-corrected chi connectivity index (χ2v) is 8.18. The van der Waals surface area contributed by atoms with Crippen molar-refractivity contribution >= 4 is 29.4 Å². The molecule has 3 amide bonds. The highest BCUT2D eigenvalue weighted by Crippen LogP contribution is 2.48. The van der Waals surface area contributed by atoms with E-state index < -0.39 is 29.6 Å². The summed E-state index contributed by atoms with van der Waals surface area (Å²) in [5, 5.41) is 12.2. The molecule has 2 aliphatic carbocycles. The molecule has 8 nitrogen and oxygen atoms in total. The molecule has 2 aromatic rings. The van der Waals surface area contributed by atoms with Gasteiger partial charge in [0.05, 0.1) is 11.8 Å². The average Bonchev–Trinajstić information content (AvgIpc) is 3.39. The van der Waals surface area contributed by atoms with E-state index in [1.807, 2.05) is 25.1 Å². The Morgan fingerprint density at radius 3 is 2.19 bits per heavy atom. The number of carbonyl (C=O) groups excluding carboxylic acids is 3. The second kappa shape index (κ2) is 8.66. The SMILES string of the molecule is Cc1cccc(C(=O)Nc2ccc(C(=O)NNC(=O)[C@@H]3[C@H](C(=O)O)[C@H]4C=C[C@H]3C4)cc2)c1. The lowest BCUT2D eigenvalue weighted by molar-refractivity contribution is -0.148. The Kier molecular flexibility index (Phi) is 5.77. The fourth-order valence-electron chi connectivity index (χ4n) is 4.48. The van der Waals surface area contributed by atoms with Crippen molar-refractivity contribution in [2.24, 2.45) is 23.7 Å². The molecule has 1 fully saturated rings. The summed E-state index contributed by atoms with van der Waals surface area (Å²) in [5.74, 6) is -4.08. The molecule has 0 aliphatic heterocycles. The molecule has 4 rings (SSSR count). The number of carboxylic acids is 1. The fraction of sp³-hybridized carbons (Fsp3) is 0.250. The Balaban J connectivity index is 1.33. The topological polar surface area (TPSA) is 125 Å². The summed E-state index contributed by atoms with van der Waals surface area (Å²) in [6.45, 7) is 1.90. The molecule has 8 heteroatoms. The van der Waals surface area contributed by atoms with Crippen LogP contribution in [0.3, 0.4) is 0 Å². The van der Waals surface area contributed by atoms with Crippen molar-refractivity contribution in [1.82, 2.24) is 10.9 Å². The summed E-state index contributed by atoms with van der Waals surface area (Å²) in [4.78, 5) is 48.8. The number of rotatable bonds is 5. The number of aliphatic carboxylic acids is 1. The van der Waals surface area contributed by atoms with Crippen LogP contribution in [0, 0.1) is 30.6 Å². The van der Waals surface area contributed by atoms with E-state index in [-0.39, 0.29) is 23.3 Å². The van der Waals surface area contributed by atoms with E-state index in [9.17, 15) is 24.3 Å². The molecule has 4 atom stereocenters. The van der Waals surface area contributed by atoms with Crippen molar-refractivity contribution in [3.63, 3.8) is 0 Å². The summed E-state index contributed by atoms with van der Waals surface area (Å²) >= 11 is 0. The van der Waals surface area contributed by atoms with E-state index in [2.05, 4.69) is 16.2 Å². The third-order valence-corrected chi connectivity index (χ3v) is 6.03. The molecule has 0 spiro atoms. The van der Waals surface area contributed by atoms with Crippen molar-refractivity contribution < 1.29 is 24.3 Å². The maximum absolute atomic E-state index is 12.5. The van der Waals surface area contributed by atoms with Gasteiger partial charge in [-0.2, -0.15) is 0 Å². The number of hydrogen-bond donors (Lipinski definition) is 4. The minimum atomic E-state index is -1.00. The molecule has 0 unspecified atom stereocenters. The van der Waals surface area contributed by atoms with E-state index in [1.54, 1.807) is 30.3 Å². The zero-order valence-electron chi connectivity index (χ0n) is 17.4. The summed E-state index contributed by atoms with van der Waals surface area (Å²) in [6.07, 6.45) is 4.36. The minimum absolute atomic E-state index is 0.130. The molecule has 164 valence electrons. The maximum atomic E-state index is 12.5. The Hall–Kier alpha value is -3.94. The van der Waals surface area contributed by atoms with Crippen LogP contribution < -0.4 is 16.2 Å². The van der Waals surface area contributed by atoms with Crippen LogP contribution in [-0.2, 0) is 9.59 Å². The number of aryl methyl sites for hydroxylation is 1. The summed E-state index contributed by atoms with van der Waals surface area (Å²) in [6, 6.07) is 13.4. The number of benzene rings is 2. The highest BCUT2D eigenvalue weighted by atomic mass is 16.4. The van der Waals surface area contributed by atoms with Gasteiger partial charge in [0.1, 0.15) is 0 Å². The van der Waals surface area contributed by atoms with E-state index in [4.69, 9.17) is 0 Å². The quantitative estimate of drug-likeness (QED) is 0.426. The number of anilines is 1. The van der Waals surface area contributed by atoms with Gasteiger partial charge in [-0.1, -0.05) is 29.8 Å². The zero-order chi connectivity index (χ0) is 22.8. The Morgan fingerprint density at radius 2 is 1.53 bits per heavy atom. The third kappa shape index (κ3) is 4.25. The first-order valence-electron chi connectivity index (χ1n) is 10.3. The van der Waals surface area contributed by atoms with Crippen molar-refractivity contribution in [1.29, 1.82) is 0 Å². The van der Waals surface area contributed by atoms with Crippen LogP contribution in [0.1, 0.15) is 32.7 Å². The highest BCUT2D eigenvalue weighted by Gasteiger charge is 2.51. The van der Waals surface area contributed by atoms with E-state index in [0.29, 0.717) is 17.7 Å². The van der Waals surface area contributed by atoms with Gasteiger partial charge in [0.25, 0.3) is 11.8 Å². The smallest absolute Gasteiger partial charge is 0.307 e. The number of amides is 3. The third-order valence-electron chi connectivity index (χ3n) is 6.03. The predicted molar refractivity (Wildman–Crippen MR) is 117 cm³/mol. The lowest BCUT2D eigenvalue weighted by Crippen LogP contribution is -2.48. The van der Waals surface area contributed by atoms with Gasteiger partial charge in [0.2, 0.25) is 5.91 Å². The van der Waals surface area contributed by atoms with Crippen LogP contribution in [0.2, 0.25) is 0 Å². The first kappa shape index (κ1) is 21.3. The molecule has 2 aromatic carbocycles. The van der Waals surface area contributed by atoms with E-state index >= 15 is 0 Å². The van der Waals surface area contributed by atoms with Crippen molar-refractivity contribution in [2.45, 2.75) is 13.3 Å². The fourth-order valence-corrected chi connectivity index (χ4v) is 4.48. The molecular formula is C24H23N3O5. The van der Waals surface area contributed by atoms with Crippen LogP contribution in [0.5, 0.6) is 0 Å². The Labute approximate surface area is 184 Å². The lowest BCUT2D eigenvalue weighted by Gasteiger charge is -2.23. The number of carboxylic acid groups (broad SMARTS) is 1. The number of hydrogen-bond acceptors (Lipinski definition) is 4. The number of fused-ring (bicyclic) bond motifs is 2. The van der Waals surface area contributed by atoms with Gasteiger partial charge in [0.15, 0.2) is 0 Å². The summed E-state index contributed by atoms with van der Waals surface area (Å²) in [7, 11) is 0. The number of hydrazine groups is 1. The van der Waals surface area contributed by atoms with Crippen molar-refractivity contribution in [2.75, 3.05) is 5.32 Å². The molecule has 0 radical (unpaired) electrons.